The number of benzene rings is 1. The smallest absolute Gasteiger partial charge is 0.224 e. The molecule has 0 aromatic heterocycles. The first-order chi connectivity index (χ1) is 7.84. The normalized spacial score (nSPS) is 19.2. The molecule has 0 bridgehead atoms. The fraction of sp³-hybridized carbons (Fsp3) is 0.462. The van der Waals surface area contributed by atoms with Gasteiger partial charge in [-0.15, -0.1) is 12.4 Å². The van der Waals surface area contributed by atoms with Gasteiger partial charge in [0.05, 0.1) is 6.42 Å². The van der Waals surface area contributed by atoms with Crippen molar-refractivity contribution in [3.8, 4) is 0 Å². The molecule has 0 spiro atoms. The molecule has 4 heteroatoms. The first kappa shape index (κ1) is 14.0. The topological polar surface area (TPSA) is 41.1 Å². The van der Waals surface area contributed by atoms with Crippen LogP contribution in [0.25, 0.3) is 0 Å². The second kappa shape index (κ2) is 7.30. The molecule has 3 nitrogen and oxygen atoms in total. The monoisotopic (exact) mass is 254 g/mol. The van der Waals surface area contributed by atoms with E-state index in [1.807, 2.05) is 30.3 Å². The Kier molecular flexibility index (Phi) is 6.01. The van der Waals surface area contributed by atoms with Crippen molar-refractivity contribution in [2.45, 2.75) is 25.3 Å². The van der Waals surface area contributed by atoms with Crippen molar-refractivity contribution in [1.82, 2.24) is 10.6 Å². The molecule has 1 atom stereocenters. The van der Waals surface area contributed by atoms with Crippen LogP contribution in [-0.4, -0.2) is 25.0 Å². The second-order valence-corrected chi connectivity index (χ2v) is 4.27. The molecule has 1 aromatic rings. The van der Waals surface area contributed by atoms with E-state index in [1.54, 1.807) is 0 Å². The number of rotatable bonds is 3. The van der Waals surface area contributed by atoms with Gasteiger partial charge in [0.2, 0.25) is 5.91 Å². The van der Waals surface area contributed by atoms with Crippen LogP contribution in [0.1, 0.15) is 18.4 Å². The minimum absolute atomic E-state index is 0. The van der Waals surface area contributed by atoms with Crippen LogP contribution in [0.2, 0.25) is 0 Å². The van der Waals surface area contributed by atoms with Crippen LogP contribution in [0.4, 0.5) is 0 Å². The zero-order valence-electron chi connectivity index (χ0n) is 9.82. The molecule has 17 heavy (non-hydrogen) atoms. The maximum atomic E-state index is 11.7. The van der Waals surface area contributed by atoms with Gasteiger partial charge in [0.1, 0.15) is 0 Å². The highest BCUT2D eigenvalue weighted by Crippen LogP contribution is 2.03. The predicted octanol–water partition coefficient (Wildman–Crippen LogP) is 1.52. The van der Waals surface area contributed by atoms with Crippen molar-refractivity contribution in [3.63, 3.8) is 0 Å². The number of carbonyl (C=O) groups excluding carboxylic acids is 1. The van der Waals surface area contributed by atoms with Gasteiger partial charge in [0.15, 0.2) is 0 Å². The zero-order chi connectivity index (χ0) is 11.2. The number of amides is 1. The van der Waals surface area contributed by atoms with Crippen molar-refractivity contribution >= 4 is 18.3 Å². The van der Waals surface area contributed by atoms with Crippen molar-refractivity contribution in [2.24, 2.45) is 0 Å². The van der Waals surface area contributed by atoms with E-state index in [2.05, 4.69) is 10.6 Å². The van der Waals surface area contributed by atoms with Gasteiger partial charge < -0.3 is 10.6 Å². The molecule has 1 heterocycles. The molecule has 1 unspecified atom stereocenters. The maximum Gasteiger partial charge on any atom is 0.224 e. The first-order valence-electron chi connectivity index (χ1n) is 5.88. The molecule has 0 aliphatic carbocycles. The van der Waals surface area contributed by atoms with E-state index in [1.165, 1.54) is 0 Å². The molecule has 1 aliphatic heterocycles. The number of piperidine rings is 1. The Bertz CT molecular complexity index is 337. The molecule has 1 aliphatic rings. The molecule has 2 N–H and O–H groups in total. The zero-order valence-corrected chi connectivity index (χ0v) is 10.6. The summed E-state index contributed by atoms with van der Waals surface area (Å²) in [4.78, 5) is 11.7. The Morgan fingerprint density at radius 3 is 2.76 bits per heavy atom. The van der Waals surface area contributed by atoms with Gasteiger partial charge in [-0.25, -0.2) is 0 Å². The van der Waals surface area contributed by atoms with Gasteiger partial charge in [-0.2, -0.15) is 0 Å². The van der Waals surface area contributed by atoms with Crippen molar-refractivity contribution in [3.05, 3.63) is 35.9 Å². The quantitative estimate of drug-likeness (QED) is 0.859. The number of hydrogen-bond donors (Lipinski definition) is 2. The van der Waals surface area contributed by atoms with Gasteiger partial charge in [-0.3, -0.25) is 4.79 Å². The van der Waals surface area contributed by atoms with Crippen LogP contribution >= 0.6 is 12.4 Å². The summed E-state index contributed by atoms with van der Waals surface area (Å²) in [6, 6.07) is 10.2. The lowest BCUT2D eigenvalue weighted by molar-refractivity contribution is -0.121. The van der Waals surface area contributed by atoms with Gasteiger partial charge in [-0.1, -0.05) is 30.3 Å². The molecular formula is C13H19ClN2O. The minimum Gasteiger partial charge on any atom is -0.352 e. The highest BCUT2D eigenvalue weighted by atomic mass is 35.5. The SMILES string of the molecule is Cl.O=C(Cc1ccccc1)NC1CCCNC1. The summed E-state index contributed by atoms with van der Waals surface area (Å²) in [7, 11) is 0. The third kappa shape index (κ3) is 4.75. The van der Waals surface area contributed by atoms with Gasteiger partial charge in [-0.05, 0) is 24.9 Å². The third-order valence-corrected chi connectivity index (χ3v) is 2.87. The highest BCUT2D eigenvalue weighted by Gasteiger charge is 2.14. The standard InChI is InChI=1S/C13H18N2O.ClH/c16-13(9-11-5-2-1-3-6-11)15-12-7-4-8-14-10-12;/h1-3,5-6,12,14H,4,7-10H2,(H,15,16);1H. The Hall–Kier alpha value is -1.06. The van der Waals surface area contributed by atoms with Crippen molar-refractivity contribution in [1.29, 1.82) is 0 Å². The molecule has 1 fully saturated rings. The molecule has 2 rings (SSSR count). The predicted molar refractivity (Wildman–Crippen MR) is 71.4 cm³/mol. The summed E-state index contributed by atoms with van der Waals surface area (Å²) in [6.45, 7) is 1.98. The van der Waals surface area contributed by atoms with E-state index in [-0.39, 0.29) is 18.3 Å². The van der Waals surface area contributed by atoms with Crippen LogP contribution in [0.3, 0.4) is 0 Å². The van der Waals surface area contributed by atoms with E-state index in [4.69, 9.17) is 0 Å². The summed E-state index contributed by atoms with van der Waals surface area (Å²) >= 11 is 0. The van der Waals surface area contributed by atoms with Crippen LogP contribution in [0.15, 0.2) is 30.3 Å². The Balaban J connectivity index is 0.00000144. The highest BCUT2D eigenvalue weighted by molar-refractivity contribution is 5.85. The number of hydrogen-bond acceptors (Lipinski definition) is 2. The maximum absolute atomic E-state index is 11.7. The van der Waals surface area contributed by atoms with E-state index >= 15 is 0 Å². The summed E-state index contributed by atoms with van der Waals surface area (Å²) in [6.07, 6.45) is 2.72. The second-order valence-electron chi connectivity index (χ2n) is 4.27. The Morgan fingerprint density at radius 2 is 2.12 bits per heavy atom. The number of halogens is 1. The third-order valence-electron chi connectivity index (χ3n) is 2.87. The number of nitrogens with one attached hydrogen (secondary N) is 2. The van der Waals surface area contributed by atoms with Crippen LogP contribution in [-0.2, 0) is 11.2 Å². The van der Waals surface area contributed by atoms with Crippen LogP contribution in [0.5, 0.6) is 0 Å². The minimum atomic E-state index is 0. The van der Waals surface area contributed by atoms with E-state index in [9.17, 15) is 4.79 Å². The van der Waals surface area contributed by atoms with Gasteiger partial charge in [0, 0.05) is 12.6 Å². The molecule has 0 saturated carbocycles. The van der Waals surface area contributed by atoms with Gasteiger partial charge in [0.25, 0.3) is 0 Å². The molecule has 0 radical (unpaired) electrons. The largest absolute Gasteiger partial charge is 0.352 e. The van der Waals surface area contributed by atoms with E-state index in [0.717, 1.165) is 31.5 Å². The molecule has 94 valence electrons. The van der Waals surface area contributed by atoms with E-state index < -0.39 is 0 Å². The van der Waals surface area contributed by atoms with Crippen LogP contribution in [0, 0.1) is 0 Å². The van der Waals surface area contributed by atoms with E-state index in [0.29, 0.717) is 12.5 Å². The summed E-state index contributed by atoms with van der Waals surface area (Å²) in [5.41, 5.74) is 1.07. The Labute approximate surface area is 108 Å². The van der Waals surface area contributed by atoms with Crippen LogP contribution < -0.4 is 10.6 Å². The van der Waals surface area contributed by atoms with Crippen molar-refractivity contribution < 1.29 is 4.79 Å². The lowest BCUT2D eigenvalue weighted by atomic mass is 10.1. The van der Waals surface area contributed by atoms with Crippen molar-refractivity contribution in [2.75, 3.05) is 13.1 Å². The molecular weight excluding hydrogens is 236 g/mol. The first-order valence-corrected chi connectivity index (χ1v) is 5.88. The Morgan fingerprint density at radius 1 is 1.35 bits per heavy atom. The van der Waals surface area contributed by atoms with Gasteiger partial charge >= 0.3 is 0 Å². The fourth-order valence-corrected chi connectivity index (χ4v) is 2.03. The molecule has 1 aromatic carbocycles. The summed E-state index contributed by atoms with van der Waals surface area (Å²) in [5.74, 6) is 0.125. The lowest BCUT2D eigenvalue weighted by Gasteiger charge is -2.23. The summed E-state index contributed by atoms with van der Waals surface area (Å²) in [5, 5.41) is 6.36. The molecule has 1 amide bonds. The average molecular weight is 255 g/mol. The lowest BCUT2D eigenvalue weighted by Crippen LogP contribution is -2.46. The number of carbonyl (C=O) groups is 1. The summed E-state index contributed by atoms with van der Waals surface area (Å²) < 4.78 is 0. The molecule has 1 saturated heterocycles. The average Bonchev–Trinajstić information content (AvgIpc) is 2.31. The fourth-order valence-electron chi connectivity index (χ4n) is 2.03.